The van der Waals surface area contributed by atoms with Crippen molar-refractivity contribution in [3.63, 3.8) is 0 Å². The second-order valence-electron chi connectivity index (χ2n) is 2.58. The Balaban J connectivity index is 3.53. The zero-order chi connectivity index (χ0) is 10.6. The van der Waals surface area contributed by atoms with Crippen LogP contribution in [-0.2, 0) is 0 Å². The van der Waals surface area contributed by atoms with Crippen molar-refractivity contribution in [3.8, 4) is 0 Å². The van der Waals surface area contributed by atoms with Crippen LogP contribution in [0.5, 0.6) is 0 Å². The molecule has 4 nitrogen and oxygen atoms in total. The lowest BCUT2D eigenvalue weighted by molar-refractivity contribution is 0.108. The summed E-state index contributed by atoms with van der Waals surface area (Å²) >= 11 is 0. The third-order valence-corrected chi connectivity index (χ3v) is 1.77. The highest BCUT2D eigenvalue weighted by Crippen LogP contribution is 2.12. The molecule has 1 aromatic carbocycles. The largest absolute Gasteiger partial charge is 0.298 e. The maximum absolute atomic E-state index is 10.6. The van der Waals surface area contributed by atoms with Gasteiger partial charge in [-0.1, -0.05) is 0 Å². The molecule has 0 amide bonds. The maximum atomic E-state index is 10.6. The summed E-state index contributed by atoms with van der Waals surface area (Å²) in [5, 5.41) is 0. The van der Waals surface area contributed by atoms with Crippen LogP contribution in [0.4, 0.5) is 0 Å². The van der Waals surface area contributed by atoms with Crippen LogP contribution < -0.4 is 0 Å². The van der Waals surface area contributed by atoms with E-state index in [4.69, 9.17) is 0 Å². The second-order valence-corrected chi connectivity index (χ2v) is 2.58. The van der Waals surface area contributed by atoms with Gasteiger partial charge >= 0.3 is 0 Å². The Kier molecular flexibility index (Phi) is 3.01. The lowest BCUT2D eigenvalue weighted by Crippen LogP contribution is -1.99. The fourth-order valence-electron chi connectivity index (χ4n) is 1.12. The molecule has 0 bridgehead atoms. The second kappa shape index (κ2) is 4.23. The molecule has 0 aliphatic carbocycles. The van der Waals surface area contributed by atoms with Gasteiger partial charge < -0.3 is 0 Å². The fraction of sp³-hybridized carbons (Fsp3) is 0. The number of aldehydes is 4. The van der Waals surface area contributed by atoms with Crippen molar-refractivity contribution in [1.29, 1.82) is 0 Å². The standard InChI is InChI=1S/C10H6O4/c11-3-7-1-8(4-12)10(6-14)9(2-7)5-13/h1-6H. The predicted molar refractivity (Wildman–Crippen MR) is 48.0 cm³/mol. The third kappa shape index (κ3) is 1.64. The summed E-state index contributed by atoms with van der Waals surface area (Å²) < 4.78 is 0. The minimum atomic E-state index is 0.0144. The van der Waals surface area contributed by atoms with Gasteiger partial charge in [-0.15, -0.1) is 0 Å². The zero-order valence-corrected chi connectivity index (χ0v) is 7.10. The minimum absolute atomic E-state index is 0.0144. The molecule has 70 valence electrons. The first-order chi connectivity index (χ1) is 6.76. The average Bonchev–Trinajstić information content (AvgIpc) is 2.26. The quantitative estimate of drug-likeness (QED) is 0.662. The zero-order valence-electron chi connectivity index (χ0n) is 7.10. The summed E-state index contributed by atoms with van der Waals surface area (Å²) in [4.78, 5) is 42.0. The molecule has 14 heavy (non-hydrogen) atoms. The highest BCUT2D eigenvalue weighted by Gasteiger charge is 2.08. The Morgan fingerprint density at radius 2 is 1.21 bits per heavy atom. The molecule has 1 aromatic rings. The van der Waals surface area contributed by atoms with Crippen LogP contribution in [-0.4, -0.2) is 25.1 Å². The average molecular weight is 190 g/mol. The molecule has 0 aliphatic rings. The first kappa shape index (κ1) is 9.98. The van der Waals surface area contributed by atoms with Crippen molar-refractivity contribution in [2.24, 2.45) is 0 Å². The summed E-state index contributed by atoms with van der Waals surface area (Å²) in [6.45, 7) is 0. The van der Waals surface area contributed by atoms with Gasteiger partial charge in [0.05, 0.1) is 0 Å². The Bertz CT molecular complexity index is 378. The summed E-state index contributed by atoms with van der Waals surface area (Å²) in [6.07, 6.45) is 1.80. The van der Waals surface area contributed by atoms with Crippen molar-refractivity contribution < 1.29 is 19.2 Å². The molecule has 0 aliphatic heterocycles. The summed E-state index contributed by atoms with van der Waals surface area (Å²) in [5.41, 5.74) is 0.304. The first-order valence-electron chi connectivity index (χ1n) is 3.75. The van der Waals surface area contributed by atoms with Crippen LogP contribution in [0.3, 0.4) is 0 Å². The van der Waals surface area contributed by atoms with Crippen LogP contribution in [0.2, 0.25) is 0 Å². The first-order valence-corrected chi connectivity index (χ1v) is 3.75. The van der Waals surface area contributed by atoms with Crippen molar-refractivity contribution in [2.75, 3.05) is 0 Å². The molecule has 0 atom stereocenters. The van der Waals surface area contributed by atoms with Gasteiger partial charge in [-0.3, -0.25) is 19.2 Å². The van der Waals surface area contributed by atoms with Crippen LogP contribution >= 0.6 is 0 Å². The van der Waals surface area contributed by atoms with Gasteiger partial charge in [0, 0.05) is 22.3 Å². The Labute approximate surface area is 79.5 Å². The lowest BCUT2D eigenvalue weighted by Gasteiger charge is -2.01. The van der Waals surface area contributed by atoms with E-state index in [1.807, 2.05) is 0 Å². The van der Waals surface area contributed by atoms with Crippen LogP contribution in [0, 0.1) is 0 Å². The van der Waals surface area contributed by atoms with Crippen molar-refractivity contribution in [3.05, 3.63) is 34.4 Å². The predicted octanol–water partition coefficient (Wildman–Crippen LogP) is 0.937. The highest BCUT2D eigenvalue weighted by atomic mass is 16.1. The number of carbonyl (C=O) groups is 4. The van der Waals surface area contributed by atoms with Gasteiger partial charge in [-0.2, -0.15) is 0 Å². The highest BCUT2D eigenvalue weighted by molar-refractivity contribution is 6.00. The number of hydrogen-bond acceptors (Lipinski definition) is 4. The number of benzene rings is 1. The van der Waals surface area contributed by atoms with E-state index in [9.17, 15) is 19.2 Å². The van der Waals surface area contributed by atoms with E-state index >= 15 is 0 Å². The number of hydrogen-bond donors (Lipinski definition) is 0. The Morgan fingerprint density at radius 3 is 1.50 bits per heavy atom. The van der Waals surface area contributed by atoms with Gasteiger partial charge in [0.2, 0.25) is 0 Å². The van der Waals surface area contributed by atoms with Gasteiger partial charge in [0.25, 0.3) is 0 Å². The summed E-state index contributed by atoms with van der Waals surface area (Å²) in [6, 6.07) is 2.52. The maximum Gasteiger partial charge on any atom is 0.151 e. The Hall–Kier alpha value is -2.10. The van der Waals surface area contributed by atoms with E-state index in [-0.39, 0.29) is 22.3 Å². The smallest absolute Gasteiger partial charge is 0.151 e. The topological polar surface area (TPSA) is 68.3 Å². The van der Waals surface area contributed by atoms with Crippen LogP contribution in [0.1, 0.15) is 41.4 Å². The monoisotopic (exact) mass is 190 g/mol. The van der Waals surface area contributed by atoms with E-state index in [1.165, 1.54) is 12.1 Å². The van der Waals surface area contributed by atoms with Gasteiger partial charge in [0.1, 0.15) is 6.29 Å². The minimum Gasteiger partial charge on any atom is -0.298 e. The van der Waals surface area contributed by atoms with Crippen LogP contribution in [0.15, 0.2) is 12.1 Å². The summed E-state index contributed by atoms with van der Waals surface area (Å²) in [7, 11) is 0. The summed E-state index contributed by atoms with van der Waals surface area (Å²) in [5.74, 6) is 0. The molecular weight excluding hydrogens is 184 g/mol. The van der Waals surface area contributed by atoms with E-state index in [2.05, 4.69) is 0 Å². The number of carbonyl (C=O) groups excluding carboxylic acids is 4. The molecule has 0 unspecified atom stereocenters. The molecule has 0 saturated heterocycles. The molecule has 0 aromatic heterocycles. The van der Waals surface area contributed by atoms with Crippen molar-refractivity contribution >= 4 is 25.1 Å². The molecule has 0 saturated carbocycles. The lowest BCUT2D eigenvalue weighted by atomic mass is 10.0. The van der Waals surface area contributed by atoms with E-state index in [1.54, 1.807) is 0 Å². The normalized spacial score (nSPS) is 9.14. The molecule has 0 heterocycles. The van der Waals surface area contributed by atoms with Crippen molar-refractivity contribution in [2.45, 2.75) is 0 Å². The molecule has 4 heteroatoms. The van der Waals surface area contributed by atoms with Gasteiger partial charge in [-0.25, -0.2) is 0 Å². The SMILES string of the molecule is O=Cc1cc(C=O)c(C=O)c(C=O)c1. The molecule has 0 fully saturated rings. The molecule has 0 radical (unpaired) electrons. The van der Waals surface area contributed by atoms with E-state index < -0.39 is 0 Å². The van der Waals surface area contributed by atoms with Gasteiger partial charge in [-0.05, 0) is 12.1 Å². The molecule has 0 N–H and O–H groups in total. The van der Waals surface area contributed by atoms with Crippen molar-refractivity contribution in [1.82, 2.24) is 0 Å². The third-order valence-electron chi connectivity index (χ3n) is 1.77. The molecular formula is C10H6O4. The van der Waals surface area contributed by atoms with E-state index in [0.29, 0.717) is 25.1 Å². The molecule has 1 rings (SSSR count). The molecule has 0 spiro atoms. The fourth-order valence-corrected chi connectivity index (χ4v) is 1.12. The van der Waals surface area contributed by atoms with Gasteiger partial charge in [0.15, 0.2) is 18.9 Å². The van der Waals surface area contributed by atoms with E-state index in [0.717, 1.165) is 0 Å². The Morgan fingerprint density at radius 1 is 0.714 bits per heavy atom. The number of rotatable bonds is 4. The van der Waals surface area contributed by atoms with Crippen LogP contribution in [0.25, 0.3) is 0 Å².